The number of anilines is 4. The Morgan fingerprint density at radius 2 is 1.63 bits per heavy atom. The molecule has 1 aliphatic heterocycles. The summed E-state index contributed by atoms with van der Waals surface area (Å²) < 4.78 is 14.7. The smallest absolute Gasteiger partial charge is 0.335 e. The first-order valence-corrected chi connectivity index (χ1v) is 10.8. The average molecular weight is 470 g/mol. The van der Waals surface area contributed by atoms with Gasteiger partial charge in [-0.05, 0) is 66.6 Å². The first-order chi connectivity index (χ1) is 16.9. The summed E-state index contributed by atoms with van der Waals surface area (Å²) >= 11 is 0. The van der Waals surface area contributed by atoms with Crippen LogP contribution in [0.25, 0.3) is 11.3 Å². The summed E-state index contributed by atoms with van der Waals surface area (Å²) in [5, 5.41) is 21.7. The van der Waals surface area contributed by atoms with Crippen LogP contribution in [0, 0.1) is 5.82 Å². The lowest BCUT2D eigenvalue weighted by Crippen LogP contribution is -2.20. The SMILES string of the molecule is O=C(O)c1ccc(Nc2ncc3c(n2)-c2ccc(C(=O)O)cc2N(c2ccccc2F)CC3)cc1. The number of carboxylic acid groups (broad SMARTS) is 2. The average Bonchev–Trinajstić information content (AvgIpc) is 3.01. The zero-order chi connectivity index (χ0) is 24.5. The number of fused-ring (bicyclic) bond motifs is 3. The van der Waals surface area contributed by atoms with Crippen molar-refractivity contribution in [3.8, 4) is 11.3 Å². The topological polar surface area (TPSA) is 116 Å². The molecule has 0 saturated carbocycles. The van der Waals surface area contributed by atoms with E-state index in [0.717, 1.165) is 5.56 Å². The molecule has 0 spiro atoms. The van der Waals surface area contributed by atoms with Crippen LogP contribution < -0.4 is 10.2 Å². The number of carboxylic acids is 2. The molecule has 9 heteroatoms. The largest absolute Gasteiger partial charge is 0.478 e. The molecule has 0 unspecified atom stereocenters. The van der Waals surface area contributed by atoms with E-state index in [9.17, 15) is 19.1 Å². The fourth-order valence-electron chi connectivity index (χ4n) is 4.07. The van der Waals surface area contributed by atoms with Crippen molar-refractivity contribution in [3.63, 3.8) is 0 Å². The highest BCUT2D eigenvalue weighted by Gasteiger charge is 2.25. The highest BCUT2D eigenvalue weighted by Crippen LogP contribution is 2.40. The van der Waals surface area contributed by atoms with Gasteiger partial charge in [0.25, 0.3) is 0 Å². The van der Waals surface area contributed by atoms with E-state index in [1.165, 1.54) is 30.3 Å². The van der Waals surface area contributed by atoms with Crippen LogP contribution in [0.1, 0.15) is 26.3 Å². The second kappa shape index (κ2) is 8.86. The summed E-state index contributed by atoms with van der Waals surface area (Å²) in [5.74, 6) is -2.22. The second-order valence-corrected chi connectivity index (χ2v) is 7.97. The monoisotopic (exact) mass is 470 g/mol. The summed E-state index contributed by atoms with van der Waals surface area (Å²) in [4.78, 5) is 33.6. The minimum atomic E-state index is -1.08. The normalized spacial score (nSPS) is 12.3. The molecular formula is C26H19FN4O4. The molecule has 1 aliphatic rings. The van der Waals surface area contributed by atoms with Crippen molar-refractivity contribution < 1.29 is 24.2 Å². The van der Waals surface area contributed by atoms with Crippen molar-refractivity contribution in [1.82, 2.24) is 9.97 Å². The molecule has 3 aromatic carbocycles. The van der Waals surface area contributed by atoms with E-state index in [4.69, 9.17) is 5.11 Å². The Morgan fingerprint density at radius 3 is 2.34 bits per heavy atom. The van der Waals surface area contributed by atoms with Crippen LogP contribution in [-0.4, -0.2) is 38.7 Å². The molecule has 0 radical (unpaired) electrons. The van der Waals surface area contributed by atoms with Gasteiger partial charge in [-0.3, -0.25) is 0 Å². The van der Waals surface area contributed by atoms with Gasteiger partial charge < -0.3 is 20.4 Å². The lowest BCUT2D eigenvalue weighted by molar-refractivity contribution is 0.0686. The highest BCUT2D eigenvalue weighted by molar-refractivity contribution is 5.93. The van der Waals surface area contributed by atoms with Gasteiger partial charge in [0.2, 0.25) is 5.95 Å². The summed E-state index contributed by atoms with van der Waals surface area (Å²) in [6.45, 7) is 0.400. The van der Waals surface area contributed by atoms with E-state index in [0.29, 0.717) is 47.2 Å². The van der Waals surface area contributed by atoms with E-state index in [2.05, 4.69) is 15.3 Å². The number of aromatic carboxylic acids is 2. The number of nitrogens with zero attached hydrogens (tertiary/aromatic N) is 3. The Kier molecular flexibility index (Phi) is 5.58. The van der Waals surface area contributed by atoms with E-state index < -0.39 is 17.8 Å². The Bertz CT molecular complexity index is 1460. The lowest BCUT2D eigenvalue weighted by atomic mass is 10.0. The summed E-state index contributed by atoms with van der Waals surface area (Å²) in [7, 11) is 0. The molecule has 4 aromatic rings. The highest BCUT2D eigenvalue weighted by atomic mass is 19.1. The van der Waals surface area contributed by atoms with Crippen molar-refractivity contribution >= 4 is 34.9 Å². The third-order valence-corrected chi connectivity index (χ3v) is 5.79. The predicted octanol–water partition coefficient (Wildman–Crippen LogP) is 5.12. The second-order valence-electron chi connectivity index (χ2n) is 7.97. The van der Waals surface area contributed by atoms with Gasteiger partial charge in [-0.1, -0.05) is 12.1 Å². The Labute approximate surface area is 199 Å². The minimum Gasteiger partial charge on any atom is -0.478 e. The molecule has 0 fully saturated rings. The number of para-hydroxylation sites is 1. The molecule has 2 heterocycles. The summed E-state index contributed by atoms with van der Waals surface area (Å²) in [5.41, 5.74) is 3.82. The third kappa shape index (κ3) is 4.26. The third-order valence-electron chi connectivity index (χ3n) is 5.79. The molecule has 5 rings (SSSR count). The first kappa shape index (κ1) is 22.0. The van der Waals surface area contributed by atoms with Gasteiger partial charge in [0, 0.05) is 24.0 Å². The molecule has 0 aliphatic carbocycles. The number of nitrogens with one attached hydrogen (secondary N) is 1. The number of hydrogen-bond acceptors (Lipinski definition) is 6. The fraction of sp³-hybridized carbons (Fsp3) is 0.0769. The van der Waals surface area contributed by atoms with Gasteiger partial charge >= 0.3 is 11.9 Å². The molecule has 8 nitrogen and oxygen atoms in total. The van der Waals surface area contributed by atoms with E-state index in [1.54, 1.807) is 47.5 Å². The van der Waals surface area contributed by atoms with Crippen LogP contribution in [0.2, 0.25) is 0 Å². The van der Waals surface area contributed by atoms with Gasteiger partial charge in [-0.15, -0.1) is 0 Å². The Balaban J connectivity index is 1.59. The number of benzene rings is 3. The zero-order valence-electron chi connectivity index (χ0n) is 18.3. The van der Waals surface area contributed by atoms with Gasteiger partial charge in [-0.2, -0.15) is 0 Å². The maximum atomic E-state index is 14.7. The van der Waals surface area contributed by atoms with E-state index in [1.807, 2.05) is 0 Å². The number of carbonyl (C=O) groups is 2. The standard InChI is InChI=1S/C26H19FN4O4/c27-20-3-1-2-4-21(20)31-12-11-17-14-28-26(29-18-8-5-15(6-9-18)24(32)33)30-23(17)19-10-7-16(25(34)35)13-22(19)31/h1-10,13-14H,11-12H2,(H,32,33)(H,34,35)(H,28,29,30). The van der Waals surface area contributed by atoms with Crippen LogP contribution in [0.3, 0.4) is 0 Å². The number of aromatic nitrogens is 2. The van der Waals surface area contributed by atoms with Crippen molar-refractivity contribution in [3.05, 3.63) is 95.4 Å². The van der Waals surface area contributed by atoms with Crippen molar-refractivity contribution in [2.75, 3.05) is 16.8 Å². The van der Waals surface area contributed by atoms with Gasteiger partial charge in [-0.25, -0.2) is 23.9 Å². The van der Waals surface area contributed by atoms with E-state index in [-0.39, 0.29) is 11.1 Å². The van der Waals surface area contributed by atoms with Gasteiger partial charge in [0.15, 0.2) is 0 Å². The molecule has 0 bridgehead atoms. The number of halogens is 1. The summed E-state index contributed by atoms with van der Waals surface area (Å²) in [6.07, 6.45) is 2.20. The molecule has 35 heavy (non-hydrogen) atoms. The van der Waals surface area contributed by atoms with Gasteiger partial charge in [0.05, 0.1) is 28.2 Å². The Morgan fingerprint density at radius 1 is 0.914 bits per heavy atom. The minimum absolute atomic E-state index is 0.0828. The first-order valence-electron chi connectivity index (χ1n) is 10.8. The lowest BCUT2D eigenvalue weighted by Gasteiger charge is -2.25. The molecule has 0 amide bonds. The summed E-state index contributed by atoms with van der Waals surface area (Å²) in [6, 6.07) is 17.2. The van der Waals surface area contributed by atoms with E-state index >= 15 is 0 Å². The van der Waals surface area contributed by atoms with Gasteiger partial charge in [0.1, 0.15) is 5.82 Å². The molecule has 1 aromatic heterocycles. The number of hydrogen-bond donors (Lipinski definition) is 3. The molecular weight excluding hydrogens is 451 g/mol. The molecule has 0 saturated heterocycles. The maximum Gasteiger partial charge on any atom is 0.335 e. The quantitative estimate of drug-likeness (QED) is 0.368. The maximum absolute atomic E-state index is 14.7. The van der Waals surface area contributed by atoms with Crippen LogP contribution in [-0.2, 0) is 6.42 Å². The Hall–Kier alpha value is -4.79. The van der Waals surface area contributed by atoms with Crippen LogP contribution in [0.4, 0.5) is 27.4 Å². The van der Waals surface area contributed by atoms with Crippen LogP contribution in [0.5, 0.6) is 0 Å². The zero-order valence-corrected chi connectivity index (χ0v) is 18.3. The van der Waals surface area contributed by atoms with Crippen molar-refractivity contribution in [2.45, 2.75) is 6.42 Å². The predicted molar refractivity (Wildman–Crippen MR) is 128 cm³/mol. The number of rotatable bonds is 5. The molecule has 174 valence electrons. The van der Waals surface area contributed by atoms with Crippen molar-refractivity contribution in [1.29, 1.82) is 0 Å². The van der Waals surface area contributed by atoms with Crippen LogP contribution >= 0.6 is 0 Å². The molecule has 3 N–H and O–H groups in total. The molecule has 0 atom stereocenters. The van der Waals surface area contributed by atoms with Crippen molar-refractivity contribution in [2.24, 2.45) is 0 Å². The van der Waals surface area contributed by atoms with Crippen LogP contribution in [0.15, 0.2) is 72.9 Å². The fourth-order valence-corrected chi connectivity index (χ4v) is 4.07.